The molecule has 8 heteroatoms. The Bertz CT molecular complexity index is 6280. The first-order chi connectivity index (χ1) is 50.2. The molecule has 0 spiro atoms. The van der Waals surface area contributed by atoms with Gasteiger partial charge in [-0.15, -0.1) is 0 Å². The minimum Gasteiger partial charge on any atom is -0.309 e. The van der Waals surface area contributed by atoms with Gasteiger partial charge in [-0.25, -0.2) is 4.98 Å². The van der Waals surface area contributed by atoms with Crippen molar-refractivity contribution in [2.45, 2.75) is 0 Å². The normalized spacial score (nSPS) is 12.0. The summed E-state index contributed by atoms with van der Waals surface area (Å²) in [5, 5.41) is 11.0. The van der Waals surface area contributed by atoms with Crippen molar-refractivity contribution in [3.05, 3.63) is 352 Å². The second-order valence-corrected chi connectivity index (χ2v) is 26.2. The smallest absolute Gasteiger partial charge is 0.165 e. The Kier molecular flexibility index (Phi) is 12.5. The number of para-hydroxylation sites is 4. The van der Waals surface area contributed by atoms with E-state index >= 15 is 0 Å². The molecule has 8 nitrogen and oxygen atoms in total. The summed E-state index contributed by atoms with van der Waals surface area (Å²) in [6.45, 7) is 0. The van der Waals surface area contributed by atoms with Crippen LogP contribution in [0, 0.1) is 0 Å². The monoisotopic (exact) mass is 1290 g/mol. The van der Waals surface area contributed by atoms with Crippen LogP contribution >= 0.6 is 0 Å². The van der Waals surface area contributed by atoms with Gasteiger partial charge in [0.1, 0.15) is 11.4 Å². The lowest BCUT2D eigenvalue weighted by Gasteiger charge is -2.27. The first-order valence-corrected chi connectivity index (χ1v) is 34.4. The van der Waals surface area contributed by atoms with E-state index in [-0.39, 0.29) is 0 Å². The molecule has 0 atom stereocenters. The number of aromatic nitrogens is 8. The van der Waals surface area contributed by atoms with Crippen LogP contribution in [0.2, 0.25) is 0 Å². The van der Waals surface area contributed by atoms with Gasteiger partial charge in [-0.1, -0.05) is 249 Å². The highest BCUT2D eigenvalue weighted by atomic mass is 15.2. The van der Waals surface area contributed by atoms with E-state index in [0.717, 1.165) is 193 Å². The van der Waals surface area contributed by atoms with Gasteiger partial charge in [-0.05, 0) is 129 Å². The molecule has 21 rings (SSSR count). The average Bonchev–Trinajstić information content (AvgIpc) is 1.55. The number of rotatable bonds is 10. The average molecular weight is 1290 g/mol. The van der Waals surface area contributed by atoms with Crippen LogP contribution in [0.25, 0.3) is 193 Å². The van der Waals surface area contributed by atoms with Crippen LogP contribution in [0.3, 0.4) is 0 Å². The van der Waals surface area contributed by atoms with Gasteiger partial charge in [0.25, 0.3) is 0 Å². The van der Waals surface area contributed by atoms with Gasteiger partial charge in [-0.2, -0.15) is 0 Å². The molecule has 21 aromatic rings. The fraction of sp³-hybridized carbons (Fsp3) is 0. The molecule has 0 aliphatic heterocycles. The van der Waals surface area contributed by atoms with Crippen LogP contribution in [0.1, 0.15) is 0 Å². The molecule has 0 saturated carbocycles. The first-order valence-electron chi connectivity index (χ1n) is 34.4. The van der Waals surface area contributed by atoms with Crippen LogP contribution < -0.4 is 0 Å². The van der Waals surface area contributed by atoms with E-state index in [2.05, 4.69) is 350 Å². The molecule has 0 fully saturated rings. The Morgan fingerprint density at radius 2 is 0.525 bits per heavy atom. The molecule has 0 aliphatic carbocycles. The van der Waals surface area contributed by atoms with Crippen molar-refractivity contribution in [1.82, 2.24) is 37.8 Å². The molecular formula is C93H58N8. The summed E-state index contributed by atoms with van der Waals surface area (Å²) < 4.78 is 12.4. The van der Waals surface area contributed by atoms with E-state index in [1.165, 1.54) is 0 Å². The maximum Gasteiger partial charge on any atom is 0.165 e. The number of nitrogens with zero attached hydrogens (tertiary/aromatic N) is 8. The second-order valence-electron chi connectivity index (χ2n) is 26.2. The largest absolute Gasteiger partial charge is 0.309 e. The zero-order valence-corrected chi connectivity index (χ0v) is 54.6. The number of hydrogen-bond acceptors (Lipinski definition) is 3. The highest BCUT2D eigenvalue weighted by molar-refractivity contribution is 6.24. The van der Waals surface area contributed by atoms with Gasteiger partial charge >= 0.3 is 0 Å². The zero-order valence-electron chi connectivity index (χ0n) is 54.6. The molecule has 101 heavy (non-hydrogen) atoms. The van der Waals surface area contributed by atoms with E-state index in [0.29, 0.717) is 0 Å². The third-order valence-electron chi connectivity index (χ3n) is 20.9. The molecule has 8 aromatic heterocycles. The highest BCUT2D eigenvalue weighted by Gasteiger charge is 2.35. The van der Waals surface area contributed by atoms with Crippen LogP contribution in [0.4, 0.5) is 0 Å². The Hall–Kier alpha value is -13.7. The topological polar surface area (TPSA) is 63.3 Å². The van der Waals surface area contributed by atoms with Crippen LogP contribution in [0.5, 0.6) is 0 Å². The van der Waals surface area contributed by atoms with Crippen LogP contribution in [0.15, 0.2) is 352 Å². The van der Waals surface area contributed by atoms with E-state index in [1.807, 2.05) is 24.8 Å². The number of fused-ring (bicyclic) bond motifs is 15. The lowest BCUT2D eigenvalue weighted by Crippen LogP contribution is -2.16. The highest BCUT2D eigenvalue weighted by Crippen LogP contribution is 2.53. The number of pyridine rings is 3. The fourth-order valence-corrected chi connectivity index (χ4v) is 16.8. The van der Waals surface area contributed by atoms with E-state index in [4.69, 9.17) is 15.0 Å². The summed E-state index contributed by atoms with van der Waals surface area (Å²) in [5.41, 5.74) is 24.1. The van der Waals surface area contributed by atoms with Crippen LogP contribution in [-0.2, 0) is 0 Å². The molecule has 470 valence electrons. The van der Waals surface area contributed by atoms with E-state index in [9.17, 15) is 0 Å². The third kappa shape index (κ3) is 8.40. The van der Waals surface area contributed by atoms with Gasteiger partial charge in [-0.3, -0.25) is 19.1 Å². The molecule has 0 unspecified atom stereocenters. The van der Waals surface area contributed by atoms with E-state index in [1.54, 1.807) is 0 Å². The summed E-state index contributed by atoms with van der Waals surface area (Å²) in [6.07, 6.45) is 7.95. The molecule has 0 saturated heterocycles. The third-order valence-corrected chi connectivity index (χ3v) is 20.9. The molecule has 0 radical (unpaired) electrons. The fourth-order valence-electron chi connectivity index (χ4n) is 16.8. The molecule has 8 heterocycles. The van der Waals surface area contributed by atoms with Crippen molar-refractivity contribution >= 4 is 109 Å². The Labute approximate surface area is 580 Å². The summed E-state index contributed by atoms with van der Waals surface area (Å²) >= 11 is 0. The van der Waals surface area contributed by atoms with E-state index < -0.39 is 0 Å². The quantitative estimate of drug-likeness (QED) is 0.137. The van der Waals surface area contributed by atoms with Crippen molar-refractivity contribution < 1.29 is 0 Å². The minimum atomic E-state index is 0.733. The Balaban J connectivity index is 1.06. The van der Waals surface area contributed by atoms with Crippen molar-refractivity contribution in [1.29, 1.82) is 0 Å². The maximum atomic E-state index is 6.80. The molecule has 13 aromatic carbocycles. The standard InChI is InChI=1S/C93H58N8/c1-6-26-59(27-7-1)65-39-22-46-81-86(65)87-66(60-28-8-2-9-29-60)40-23-47-82(87)100(81)92-90(98-76-44-20-17-37-70(76)73-57-94-54-52-79(73)98)85(63-50-51-78-72(56-63)69-36-16-19-43-75(69)97(78)64-34-14-5-15-35-64)91(99-77-45-21-18-38-71(77)74-58-95-55-53-80(74)99)93(96-92)101-83-48-24-41-67(61-30-10-3-11-31-61)88(83)89-68(42-25-49-84(89)101)62-32-12-4-13-33-62/h1-58H. The number of benzene rings is 13. The Morgan fingerprint density at radius 1 is 0.208 bits per heavy atom. The minimum absolute atomic E-state index is 0.733. The van der Waals surface area contributed by atoms with Crippen molar-refractivity contribution in [3.8, 4) is 84.3 Å². The first kappa shape index (κ1) is 56.5. The molecule has 0 bridgehead atoms. The van der Waals surface area contributed by atoms with Gasteiger partial charge < -0.3 is 13.7 Å². The summed E-state index contributed by atoms with van der Waals surface area (Å²) in [6, 6.07) is 120. The van der Waals surface area contributed by atoms with Gasteiger partial charge in [0.15, 0.2) is 11.6 Å². The number of hydrogen-bond donors (Lipinski definition) is 0. The summed E-state index contributed by atoms with van der Waals surface area (Å²) in [7, 11) is 0. The van der Waals surface area contributed by atoms with Crippen LogP contribution in [-0.4, -0.2) is 37.8 Å². The van der Waals surface area contributed by atoms with Crippen molar-refractivity contribution in [2.24, 2.45) is 0 Å². The summed E-state index contributed by atoms with van der Waals surface area (Å²) in [5.74, 6) is 1.47. The van der Waals surface area contributed by atoms with Gasteiger partial charge in [0.05, 0.1) is 55.2 Å². The predicted molar refractivity (Wildman–Crippen MR) is 419 cm³/mol. The summed E-state index contributed by atoms with van der Waals surface area (Å²) in [4.78, 5) is 16.6. The van der Waals surface area contributed by atoms with Gasteiger partial charge in [0.2, 0.25) is 0 Å². The molecule has 0 amide bonds. The predicted octanol–water partition coefficient (Wildman–Crippen LogP) is 23.7. The lowest BCUT2D eigenvalue weighted by molar-refractivity contribution is 0.961. The SMILES string of the molecule is c1ccc(-c2cccc3c2c2c(-c4ccccc4)cccc2n3-c2nc(-n3c4cccc(-c5ccccc5)c4c4c(-c5ccccc5)cccc43)c(-n3c4ccccc4c4cnccc43)c(-c3ccc4c(c3)c3ccccc3n4-c3ccccc3)c2-n2c3ccccc3c3cnccc32)cc1. The van der Waals surface area contributed by atoms with Gasteiger partial charge in [0, 0.05) is 89.9 Å². The van der Waals surface area contributed by atoms with Crippen molar-refractivity contribution in [3.63, 3.8) is 0 Å². The molecule has 0 N–H and O–H groups in total. The molecule has 0 aliphatic rings. The lowest BCUT2D eigenvalue weighted by atomic mass is 9.95. The second kappa shape index (κ2) is 22.4. The maximum absolute atomic E-state index is 6.80. The molecular weight excluding hydrogens is 1230 g/mol. The van der Waals surface area contributed by atoms with Crippen molar-refractivity contribution in [2.75, 3.05) is 0 Å². The Morgan fingerprint density at radius 3 is 0.921 bits per heavy atom. The zero-order chi connectivity index (χ0) is 66.2.